The Labute approximate surface area is 97.7 Å². The number of rotatable bonds is 3. The van der Waals surface area contributed by atoms with Gasteiger partial charge >= 0.3 is 0 Å². The Morgan fingerprint density at radius 3 is 2.56 bits per heavy atom. The van der Waals surface area contributed by atoms with Gasteiger partial charge in [-0.15, -0.1) is 0 Å². The second-order valence-electron chi connectivity index (χ2n) is 3.08. The van der Waals surface area contributed by atoms with E-state index in [2.05, 4.69) is 5.16 Å². The molecular formula is C11H10ClNO3. The van der Waals surface area contributed by atoms with E-state index in [-0.39, 0.29) is 5.22 Å². The van der Waals surface area contributed by atoms with Crippen LogP contribution >= 0.6 is 11.6 Å². The van der Waals surface area contributed by atoms with Crippen LogP contribution in [0.1, 0.15) is 0 Å². The van der Waals surface area contributed by atoms with E-state index in [0.29, 0.717) is 11.4 Å². The summed E-state index contributed by atoms with van der Waals surface area (Å²) in [6, 6.07) is 7.05. The fraction of sp³-hybridized carbons (Fsp3) is 0.182. The van der Waals surface area contributed by atoms with Crippen LogP contribution < -0.4 is 9.47 Å². The van der Waals surface area contributed by atoms with E-state index in [9.17, 15) is 0 Å². The van der Waals surface area contributed by atoms with Gasteiger partial charge in [-0.2, -0.15) is 0 Å². The summed E-state index contributed by atoms with van der Waals surface area (Å²) in [7, 11) is 3.19. The van der Waals surface area contributed by atoms with Crippen LogP contribution in [0.15, 0.2) is 28.8 Å². The Hall–Kier alpha value is -1.68. The third kappa shape index (κ3) is 1.97. The molecule has 5 heteroatoms. The number of nitrogens with zero attached hydrogens (tertiary/aromatic N) is 1. The smallest absolute Gasteiger partial charge is 0.226 e. The molecule has 0 aliphatic rings. The third-order valence-corrected chi connectivity index (χ3v) is 2.34. The van der Waals surface area contributed by atoms with Crippen LogP contribution in [0, 0.1) is 0 Å². The highest BCUT2D eigenvalue weighted by molar-refractivity contribution is 6.29. The highest BCUT2D eigenvalue weighted by Crippen LogP contribution is 2.33. The zero-order valence-electron chi connectivity index (χ0n) is 8.86. The van der Waals surface area contributed by atoms with Crippen molar-refractivity contribution in [3.8, 4) is 22.8 Å². The van der Waals surface area contributed by atoms with Crippen molar-refractivity contribution in [3.05, 3.63) is 29.5 Å². The Kier molecular flexibility index (Phi) is 3.01. The maximum atomic E-state index is 5.68. The van der Waals surface area contributed by atoms with Crippen LogP contribution in [0.4, 0.5) is 0 Å². The number of aromatic nitrogens is 1. The first-order chi connectivity index (χ1) is 7.74. The molecule has 0 saturated heterocycles. The van der Waals surface area contributed by atoms with E-state index in [4.69, 9.17) is 25.6 Å². The van der Waals surface area contributed by atoms with Gasteiger partial charge in [0, 0.05) is 11.6 Å². The van der Waals surface area contributed by atoms with Crippen molar-refractivity contribution in [3.63, 3.8) is 0 Å². The van der Waals surface area contributed by atoms with Gasteiger partial charge in [0.15, 0.2) is 0 Å². The molecule has 0 aliphatic heterocycles. The van der Waals surface area contributed by atoms with Crippen LogP contribution in [-0.4, -0.2) is 19.4 Å². The number of hydrogen-bond donors (Lipinski definition) is 0. The predicted molar refractivity (Wildman–Crippen MR) is 60.1 cm³/mol. The molecule has 84 valence electrons. The fourth-order valence-electron chi connectivity index (χ4n) is 1.39. The number of ether oxygens (including phenoxy) is 2. The predicted octanol–water partition coefficient (Wildman–Crippen LogP) is 3.01. The van der Waals surface area contributed by atoms with Gasteiger partial charge in [0.1, 0.15) is 17.2 Å². The van der Waals surface area contributed by atoms with Crippen LogP contribution in [0.5, 0.6) is 11.5 Å². The lowest BCUT2D eigenvalue weighted by Crippen LogP contribution is -1.90. The lowest BCUT2D eigenvalue weighted by atomic mass is 10.1. The molecule has 1 aromatic carbocycles. The first-order valence-electron chi connectivity index (χ1n) is 4.59. The minimum absolute atomic E-state index is 0.236. The largest absolute Gasteiger partial charge is 0.497 e. The summed E-state index contributed by atoms with van der Waals surface area (Å²) in [5.41, 5.74) is 1.39. The van der Waals surface area contributed by atoms with Crippen molar-refractivity contribution in [2.24, 2.45) is 0 Å². The SMILES string of the molecule is COc1ccc(OC)c(-c2cc(Cl)on2)c1. The van der Waals surface area contributed by atoms with E-state index in [1.54, 1.807) is 26.4 Å². The molecule has 0 spiro atoms. The lowest BCUT2D eigenvalue weighted by molar-refractivity contribution is 0.402. The topological polar surface area (TPSA) is 44.5 Å². The summed E-state index contributed by atoms with van der Waals surface area (Å²) in [4.78, 5) is 0. The summed E-state index contributed by atoms with van der Waals surface area (Å²) < 4.78 is 15.2. The Morgan fingerprint density at radius 1 is 1.19 bits per heavy atom. The normalized spacial score (nSPS) is 10.2. The van der Waals surface area contributed by atoms with Gasteiger partial charge < -0.3 is 14.0 Å². The van der Waals surface area contributed by atoms with E-state index in [0.717, 1.165) is 11.3 Å². The Balaban J connectivity index is 2.52. The molecule has 0 atom stereocenters. The van der Waals surface area contributed by atoms with Gasteiger partial charge in [-0.05, 0) is 29.8 Å². The highest BCUT2D eigenvalue weighted by Gasteiger charge is 2.11. The number of methoxy groups -OCH3 is 2. The third-order valence-electron chi connectivity index (χ3n) is 2.16. The number of hydrogen-bond acceptors (Lipinski definition) is 4. The van der Waals surface area contributed by atoms with Gasteiger partial charge in [-0.3, -0.25) is 0 Å². The van der Waals surface area contributed by atoms with Crippen molar-refractivity contribution < 1.29 is 14.0 Å². The molecule has 0 bridgehead atoms. The summed E-state index contributed by atoms with van der Waals surface area (Å²) >= 11 is 5.68. The summed E-state index contributed by atoms with van der Waals surface area (Å²) in [6.45, 7) is 0. The maximum Gasteiger partial charge on any atom is 0.226 e. The zero-order valence-corrected chi connectivity index (χ0v) is 9.62. The Bertz CT molecular complexity index is 496. The second-order valence-corrected chi connectivity index (χ2v) is 3.45. The van der Waals surface area contributed by atoms with Crippen LogP contribution in [0.3, 0.4) is 0 Å². The van der Waals surface area contributed by atoms with Gasteiger partial charge in [0.05, 0.1) is 14.2 Å². The molecular weight excluding hydrogens is 230 g/mol. The van der Waals surface area contributed by atoms with E-state index in [1.165, 1.54) is 0 Å². The molecule has 0 fully saturated rings. The van der Waals surface area contributed by atoms with Crippen molar-refractivity contribution in [2.75, 3.05) is 14.2 Å². The average molecular weight is 240 g/mol. The van der Waals surface area contributed by atoms with Gasteiger partial charge in [0.2, 0.25) is 5.22 Å². The molecule has 0 aliphatic carbocycles. The van der Waals surface area contributed by atoms with Gasteiger partial charge in [-0.1, -0.05) is 5.16 Å². The average Bonchev–Trinajstić information content (AvgIpc) is 2.75. The van der Waals surface area contributed by atoms with Crippen LogP contribution in [-0.2, 0) is 0 Å². The van der Waals surface area contributed by atoms with Gasteiger partial charge in [-0.25, -0.2) is 0 Å². The second kappa shape index (κ2) is 4.45. The lowest BCUT2D eigenvalue weighted by Gasteiger charge is -2.07. The molecule has 0 radical (unpaired) electrons. The fourth-order valence-corrected chi connectivity index (χ4v) is 1.53. The zero-order chi connectivity index (χ0) is 11.5. The van der Waals surface area contributed by atoms with E-state index < -0.39 is 0 Å². The minimum Gasteiger partial charge on any atom is -0.497 e. The molecule has 0 amide bonds. The number of halogens is 1. The minimum atomic E-state index is 0.236. The summed E-state index contributed by atoms with van der Waals surface area (Å²) in [5, 5.41) is 4.06. The van der Waals surface area contributed by atoms with Crippen molar-refractivity contribution in [1.82, 2.24) is 5.16 Å². The van der Waals surface area contributed by atoms with Gasteiger partial charge in [0.25, 0.3) is 0 Å². The van der Waals surface area contributed by atoms with Crippen LogP contribution in [0.2, 0.25) is 5.22 Å². The quantitative estimate of drug-likeness (QED) is 0.826. The molecule has 0 N–H and O–H groups in total. The first-order valence-corrected chi connectivity index (χ1v) is 4.97. The summed E-state index contributed by atoms with van der Waals surface area (Å²) in [5.74, 6) is 1.40. The molecule has 1 heterocycles. The maximum absolute atomic E-state index is 5.68. The van der Waals surface area contributed by atoms with Crippen molar-refractivity contribution in [1.29, 1.82) is 0 Å². The molecule has 16 heavy (non-hydrogen) atoms. The number of benzene rings is 1. The highest BCUT2D eigenvalue weighted by atomic mass is 35.5. The van der Waals surface area contributed by atoms with Crippen molar-refractivity contribution >= 4 is 11.6 Å². The van der Waals surface area contributed by atoms with Crippen LogP contribution in [0.25, 0.3) is 11.3 Å². The molecule has 0 saturated carbocycles. The standard InChI is InChI=1S/C11H10ClNO3/c1-14-7-3-4-10(15-2)8(5-7)9-6-11(12)16-13-9/h3-6H,1-2H3. The molecule has 0 unspecified atom stereocenters. The monoisotopic (exact) mass is 239 g/mol. The molecule has 4 nitrogen and oxygen atoms in total. The van der Waals surface area contributed by atoms with E-state index >= 15 is 0 Å². The Morgan fingerprint density at radius 2 is 2.00 bits per heavy atom. The van der Waals surface area contributed by atoms with Crippen molar-refractivity contribution in [2.45, 2.75) is 0 Å². The molecule has 2 rings (SSSR count). The molecule has 1 aromatic heterocycles. The summed E-state index contributed by atoms with van der Waals surface area (Å²) in [6.07, 6.45) is 0. The van der Waals surface area contributed by atoms with E-state index in [1.807, 2.05) is 12.1 Å². The molecule has 2 aromatic rings. The first kappa shape index (κ1) is 10.8.